The van der Waals surface area contributed by atoms with Crippen molar-refractivity contribution in [1.82, 2.24) is 10.2 Å². The monoisotopic (exact) mass is 332 g/mol. The molecule has 1 aliphatic heterocycles. The third-order valence-electron chi connectivity index (χ3n) is 5.12. The summed E-state index contributed by atoms with van der Waals surface area (Å²) >= 11 is 0. The minimum Gasteiger partial charge on any atom is -0.497 e. The van der Waals surface area contributed by atoms with Crippen molar-refractivity contribution in [2.24, 2.45) is 5.41 Å². The van der Waals surface area contributed by atoms with Crippen molar-refractivity contribution in [1.29, 1.82) is 0 Å². The first-order chi connectivity index (χ1) is 11.2. The number of piperidine rings is 1. The van der Waals surface area contributed by atoms with Gasteiger partial charge in [-0.15, -0.1) is 0 Å². The van der Waals surface area contributed by atoms with E-state index in [0.717, 1.165) is 24.3 Å². The highest BCUT2D eigenvalue weighted by atomic mass is 16.5. The van der Waals surface area contributed by atoms with Crippen molar-refractivity contribution in [2.75, 3.05) is 27.7 Å². The third-order valence-corrected chi connectivity index (χ3v) is 5.12. The minimum absolute atomic E-state index is 0.198. The van der Waals surface area contributed by atoms with Gasteiger partial charge in [-0.05, 0) is 56.6 Å². The largest absolute Gasteiger partial charge is 0.497 e. The summed E-state index contributed by atoms with van der Waals surface area (Å²) in [5.74, 6) is 0.326. The van der Waals surface area contributed by atoms with Crippen molar-refractivity contribution in [3.63, 3.8) is 0 Å². The van der Waals surface area contributed by atoms with Gasteiger partial charge < -0.3 is 9.64 Å². The number of ether oxygens (including phenoxy) is 1. The van der Waals surface area contributed by atoms with E-state index in [4.69, 9.17) is 4.74 Å². The molecular formula is C19H28N2O3. The molecule has 0 saturated carbocycles. The first kappa shape index (κ1) is 18.5. The van der Waals surface area contributed by atoms with Gasteiger partial charge in [0.25, 0.3) is 0 Å². The summed E-state index contributed by atoms with van der Waals surface area (Å²) in [6, 6.07) is 7.67. The molecule has 1 aromatic rings. The fraction of sp³-hybridized carbons (Fsp3) is 0.579. The van der Waals surface area contributed by atoms with Crippen LogP contribution in [0.4, 0.5) is 0 Å². The van der Waals surface area contributed by atoms with Gasteiger partial charge >= 0.3 is 0 Å². The van der Waals surface area contributed by atoms with Crippen LogP contribution in [0.5, 0.6) is 5.75 Å². The lowest BCUT2D eigenvalue weighted by molar-refractivity contribution is -0.145. The lowest BCUT2D eigenvalue weighted by Crippen LogP contribution is -2.61. The zero-order valence-electron chi connectivity index (χ0n) is 15.3. The minimum atomic E-state index is -0.745. The first-order valence-corrected chi connectivity index (χ1v) is 8.36. The molecule has 0 radical (unpaired) electrons. The zero-order valence-corrected chi connectivity index (χ0v) is 15.3. The average molecular weight is 332 g/mol. The van der Waals surface area contributed by atoms with E-state index in [1.165, 1.54) is 0 Å². The van der Waals surface area contributed by atoms with E-state index in [1.54, 1.807) is 7.11 Å². The highest BCUT2D eigenvalue weighted by Gasteiger charge is 2.55. The van der Waals surface area contributed by atoms with Crippen molar-refractivity contribution < 1.29 is 14.3 Å². The van der Waals surface area contributed by atoms with Gasteiger partial charge in [-0.1, -0.05) is 26.0 Å². The average Bonchev–Trinajstić information content (AvgIpc) is 2.49. The standard InChI is InChI=1S/C19H28N2O3/c1-18(2)13-16(22)20-17(23)19(18,10-7-11-21(3)4)14-8-6-9-15(12-14)24-5/h6,8-9,12H,7,10-11,13H2,1-5H3,(H,20,22,23). The second-order valence-corrected chi connectivity index (χ2v) is 7.48. The Morgan fingerprint density at radius 3 is 2.54 bits per heavy atom. The molecule has 132 valence electrons. The van der Waals surface area contributed by atoms with Crippen LogP contribution in [0.15, 0.2) is 24.3 Å². The van der Waals surface area contributed by atoms with Crippen molar-refractivity contribution in [3.8, 4) is 5.75 Å². The number of hydrogen-bond acceptors (Lipinski definition) is 4. The van der Waals surface area contributed by atoms with E-state index in [-0.39, 0.29) is 11.8 Å². The lowest BCUT2D eigenvalue weighted by atomic mass is 9.56. The van der Waals surface area contributed by atoms with Crippen LogP contribution < -0.4 is 10.1 Å². The quantitative estimate of drug-likeness (QED) is 0.813. The molecule has 1 heterocycles. The van der Waals surface area contributed by atoms with Crippen molar-refractivity contribution >= 4 is 11.8 Å². The van der Waals surface area contributed by atoms with E-state index >= 15 is 0 Å². The van der Waals surface area contributed by atoms with E-state index in [1.807, 2.05) is 52.2 Å². The predicted molar refractivity (Wildman–Crippen MR) is 94.0 cm³/mol. The number of imide groups is 1. The smallest absolute Gasteiger partial charge is 0.237 e. The summed E-state index contributed by atoms with van der Waals surface area (Å²) in [4.78, 5) is 27.1. The summed E-state index contributed by atoms with van der Waals surface area (Å²) in [5, 5.41) is 2.57. The molecule has 24 heavy (non-hydrogen) atoms. The number of nitrogens with one attached hydrogen (secondary N) is 1. The third kappa shape index (κ3) is 3.31. The van der Waals surface area contributed by atoms with Gasteiger partial charge in [0, 0.05) is 6.42 Å². The van der Waals surface area contributed by atoms with E-state index in [0.29, 0.717) is 12.8 Å². The maximum absolute atomic E-state index is 13.0. The topological polar surface area (TPSA) is 58.6 Å². The number of benzene rings is 1. The molecule has 1 aromatic carbocycles. The molecule has 5 nitrogen and oxygen atoms in total. The van der Waals surface area contributed by atoms with Gasteiger partial charge in [0.05, 0.1) is 12.5 Å². The van der Waals surface area contributed by atoms with Crippen LogP contribution in [0.1, 0.15) is 38.7 Å². The molecule has 1 atom stereocenters. The number of amides is 2. The molecule has 1 unspecified atom stereocenters. The molecule has 0 aliphatic carbocycles. The van der Waals surface area contributed by atoms with E-state index in [9.17, 15) is 9.59 Å². The normalized spacial score (nSPS) is 23.2. The Labute approximate surface area is 144 Å². The number of hydrogen-bond donors (Lipinski definition) is 1. The summed E-state index contributed by atoms with van der Waals surface area (Å²) < 4.78 is 5.35. The van der Waals surface area contributed by atoms with Crippen molar-refractivity contribution in [2.45, 2.75) is 38.5 Å². The number of methoxy groups -OCH3 is 1. The van der Waals surface area contributed by atoms with Gasteiger partial charge in [-0.3, -0.25) is 14.9 Å². The molecule has 2 amide bonds. The van der Waals surface area contributed by atoms with Crippen molar-refractivity contribution in [3.05, 3.63) is 29.8 Å². The fourth-order valence-corrected chi connectivity index (χ4v) is 3.80. The first-order valence-electron chi connectivity index (χ1n) is 8.36. The molecule has 1 aliphatic rings. The fourth-order valence-electron chi connectivity index (χ4n) is 3.80. The van der Waals surface area contributed by atoms with Gasteiger partial charge in [0.15, 0.2) is 0 Å². The second kappa shape index (κ2) is 6.93. The lowest BCUT2D eigenvalue weighted by Gasteiger charge is -2.48. The van der Waals surface area contributed by atoms with Gasteiger partial charge in [0.1, 0.15) is 5.75 Å². The number of carbonyl (C=O) groups is 2. The van der Waals surface area contributed by atoms with Crippen LogP contribution in [0, 0.1) is 5.41 Å². The maximum atomic E-state index is 13.0. The second-order valence-electron chi connectivity index (χ2n) is 7.48. The van der Waals surface area contributed by atoms with Gasteiger partial charge in [-0.2, -0.15) is 0 Å². The number of carbonyl (C=O) groups excluding carboxylic acids is 2. The summed E-state index contributed by atoms with van der Waals surface area (Å²) in [6.07, 6.45) is 1.89. The Hall–Kier alpha value is -1.88. The molecule has 1 fully saturated rings. The van der Waals surface area contributed by atoms with Crippen LogP contribution in [-0.4, -0.2) is 44.5 Å². The molecule has 5 heteroatoms. The van der Waals surface area contributed by atoms with Gasteiger partial charge in [-0.25, -0.2) is 0 Å². The molecular weight excluding hydrogens is 304 g/mol. The Bertz CT molecular complexity index is 625. The molecule has 0 bridgehead atoms. The summed E-state index contributed by atoms with van der Waals surface area (Å²) in [7, 11) is 5.66. The molecule has 2 rings (SSSR count). The Morgan fingerprint density at radius 2 is 1.96 bits per heavy atom. The Morgan fingerprint density at radius 1 is 1.25 bits per heavy atom. The van der Waals surface area contributed by atoms with E-state index in [2.05, 4.69) is 10.2 Å². The van der Waals surface area contributed by atoms with Crippen LogP contribution in [0.3, 0.4) is 0 Å². The zero-order chi connectivity index (χ0) is 18.0. The molecule has 1 N–H and O–H groups in total. The predicted octanol–water partition coefficient (Wildman–Crippen LogP) is 2.35. The molecule has 0 spiro atoms. The molecule has 1 saturated heterocycles. The van der Waals surface area contributed by atoms with Crippen LogP contribution in [0.2, 0.25) is 0 Å². The van der Waals surface area contributed by atoms with Gasteiger partial charge in [0.2, 0.25) is 11.8 Å². The highest BCUT2D eigenvalue weighted by Crippen LogP contribution is 2.50. The Balaban J connectivity index is 2.51. The highest BCUT2D eigenvalue weighted by molar-refractivity contribution is 6.04. The SMILES string of the molecule is COc1cccc(C2(CCCN(C)C)C(=O)NC(=O)CC2(C)C)c1. The number of nitrogens with zero attached hydrogens (tertiary/aromatic N) is 1. The van der Waals surface area contributed by atoms with Crippen LogP contribution >= 0.6 is 0 Å². The molecule has 0 aromatic heterocycles. The summed E-state index contributed by atoms with van der Waals surface area (Å²) in [6.45, 7) is 4.92. The maximum Gasteiger partial charge on any atom is 0.237 e. The van der Waals surface area contributed by atoms with Crippen LogP contribution in [0.25, 0.3) is 0 Å². The Kier molecular flexibility index (Phi) is 5.33. The van der Waals surface area contributed by atoms with Crippen LogP contribution in [-0.2, 0) is 15.0 Å². The number of rotatable bonds is 6. The summed E-state index contributed by atoms with van der Waals surface area (Å²) in [5.41, 5.74) is -0.299. The van der Waals surface area contributed by atoms with E-state index < -0.39 is 10.8 Å².